The van der Waals surface area contributed by atoms with E-state index in [9.17, 15) is 9.70 Å². The number of hydrogen-bond donors (Lipinski definition) is 0. The van der Waals surface area contributed by atoms with Gasteiger partial charge in [-0.25, -0.2) is 4.79 Å². The molecule has 0 saturated carbocycles. The van der Waals surface area contributed by atoms with E-state index in [4.69, 9.17) is 0 Å². The first-order valence-electron chi connectivity index (χ1n) is 3.46. The summed E-state index contributed by atoms with van der Waals surface area (Å²) in [6.07, 6.45) is 0. The van der Waals surface area contributed by atoms with E-state index in [-0.39, 0.29) is 6.04 Å². The molecule has 0 fully saturated rings. The number of rotatable bonds is 0. The maximum Gasteiger partial charge on any atom is 0.426 e. The van der Waals surface area contributed by atoms with Gasteiger partial charge in [-0.3, -0.25) is 0 Å². The summed E-state index contributed by atoms with van der Waals surface area (Å²) in [6, 6.07) is 1.39. The number of fused-ring (bicyclic) bond motifs is 1. The minimum atomic E-state index is -0.548. The Labute approximate surface area is 72.3 Å². The standard InChI is InChI=1S/C7H6NO3S/c1-4-5-2-3-12-6(5)7(9)11-8(4)10/h2-4H,1H3/q+1. The van der Waals surface area contributed by atoms with Crippen LogP contribution in [0.2, 0.25) is 0 Å². The summed E-state index contributed by atoms with van der Waals surface area (Å²) in [5.74, 6) is -0.548. The summed E-state index contributed by atoms with van der Waals surface area (Å²) in [4.78, 5) is 27.3. The molecule has 2 heterocycles. The number of carbonyl (C=O) groups is 1. The zero-order chi connectivity index (χ0) is 8.72. The number of carbonyl (C=O) groups excluding carboxylic acids is 1. The second-order valence-electron chi connectivity index (χ2n) is 2.55. The topological polar surface area (TPSA) is 46.4 Å². The van der Waals surface area contributed by atoms with Gasteiger partial charge in [0.2, 0.25) is 4.92 Å². The molecule has 0 bridgehead atoms. The lowest BCUT2D eigenvalue weighted by Crippen LogP contribution is -2.25. The summed E-state index contributed by atoms with van der Waals surface area (Å²) < 4.78 is 0. The van der Waals surface area contributed by atoms with Crippen LogP contribution >= 0.6 is 11.3 Å². The zero-order valence-electron chi connectivity index (χ0n) is 6.31. The van der Waals surface area contributed by atoms with Crippen LogP contribution in [0.3, 0.4) is 0 Å². The van der Waals surface area contributed by atoms with Crippen molar-refractivity contribution in [2.24, 2.45) is 0 Å². The highest BCUT2D eigenvalue weighted by molar-refractivity contribution is 7.12. The number of nitrogens with zero attached hydrogens (tertiary/aromatic N) is 1. The Morgan fingerprint density at radius 3 is 3.17 bits per heavy atom. The van der Waals surface area contributed by atoms with E-state index in [2.05, 4.69) is 4.84 Å². The Balaban J connectivity index is 2.57. The summed E-state index contributed by atoms with van der Waals surface area (Å²) in [7, 11) is 0. The monoisotopic (exact) mass is 184 g/mol. The van der Waals surface area contributed by atoms with Crippen molar-refractivity contribution < 1.29 is 14.6 Å². The van der Waals surface area contributed by atoms with E-state index in [1.54, 1.807) is 18.4 Å². The van der Waals surface area contributed by atoms with Gasteiger partial charge in [0.25, 0.3) is 6.04 Å². The molecule has 12 heavy (non-hydrogen) atoms. The van der Waals surface area contributed by atoms with Gasteiger partial charge in [0.1, 0.15) is 4.88 Å². The molecule has 4 nitrogen and oxygen atoms in total. The van der Waals surface area contributed by atoms with Crippen LogP contribution in [0.25, 0.3) is 0 Å². The van der Waals surface area contributed by atoms with Gasteiger partial charge < -0.3 is 0 Å². The summed E-state index contributed by atoms with van der Waals surface area (Å²) in [5.41, 5.74) is 0.756. The Morgan fingerprint density at radius 1 is 1.67 bits per heavy atom. The van der Waals surface area contributed by atoms with E-state index in [0.29, 0.717) is 9.80 Å². The molecule has 1 aliphatic rings. The molecule has 0 spiro atoms. The van der Waals surface area contributed by atoms with Crippen molar-refractivity contribution in [1.29, 1.82) is 0 Å². The molecular weight excluding hydrogens is 178 g/mol. The highest BCUT2D eigenvalue weighted by atomic mass is 32.1. The fraction of sp³-hybridized carbons (Fsp3) is 0.286. The second kappa shape index (κ2) is 2.38. The van der Waals surface area contributed by atoms with Gasteiger partial charge >= 0.3 is 5.97 Å². The van der Waals surface area contributed by atoms with Gasteiger partial charge in [-0.15, -0.1) is 16.2 Å². The fourth-order valence-electron chi connectivity index (χ4n) is 1.13. The Kier molecular flexibility index (Phi) is 1.47. The first-order chi connectivity index (χ1) is 5.70. The quantitative estimate of drug-likeness (QED) is 0.616. The van der Waals surface area contributed by atoms with Crippen LogP contribution in [0.1, 0.15) is 28.2 Å². The van der Waals surface area contributed by atoms with Crippen LogP contribution in [-0.2, 0) is 4.84 Å². The molecule has 1 aliphatic heterocycles. The Morgan fingerprint density at radius 2 is 2.42 bits per heavy atom. The molecule has 0 aromatic carbocycles. The average Bonchev–Trinajstić information content (AvgIpc) is 2.48. The van der Waals surface area contributed by atoms with Gasteiger partial charge in [-0.1, -0.05) is 0 Å². The van der Waals surface area contributed by atoms with Crippen molar-refractivity contribution in [3.05, 3.63) is 26.8 Å². The fourth-order valence-corrected chi connectivity index (χ4v) is 1.99. The molecule has 0 saturated heterocycles. The minimum absolute atomic E-state index is 0.331. The third-order valence-electron chi connectivity index (χ3n) is 1.82. The van der Waals surface area contributed by atoms with E-state index in [1.807, 2.05) is 0 Å². The predicted octanol–water partition coefficient (Wildman–Crippen LogP) is 1.67. The molecule has 62 valence electrons. The summed E-state index contributed by atoms with van der Waals surface area (Å²) >= 11 is 1.30. The molecule has 0 amide bonds. The largest absolute Gasteiger partial charge is 0.426 e. The maximum absolute atomic E-state index is 11.0. The molecular formula is C7H6NO3S+. The van der Waals surface area contributed by atoms with Crippen LogP contribution in [0.15, 0.2) is 11.4 Å². The van der Waals surface area contributed by atoms with E-state index >= 15 is 0 Å². The molecule has 0 N–H and O–H groups in total. The highest BCUT2D eigenvalue weighted by Gasteiger charge is 2.39. The first-order valence-corrected chi connectivity index (χ1v) is 4.34. The van der Waals surface area contributed by atoms with Crippen molar-refractivity contribution >= 4 is 17.3 Å². The van der Waals surface area contributed by atoms with Gasteiger partial charge in [0.05, 0.1) is 10.5 Å². The van der Waals surface area contributed by atoms with Crippen LogP contribution in [0.5, 0.6) is 0 Å². The molecule has 1 unspecified atom stereocenters. The van der Waals surface area contributed by atoms with E-state index in [1.165, 1.54) is 11.3 Å². The normalized spacial score (nSPS) is 21.9. The smallest absolute Gasteiger partial charge is 0.237 e. The number of thiophene rings is 1. The Bertz CT molecular complexity index is 357. The molecule has 0 radical (unpaired) electrons. The SMILES string of the molecule is CC1c2ccsc2C(=O)O[N+]1=O. The minimum Gasteiger partial charge on any atom is -0.237 e. The maximum atomic E-state index is 11.0. The van der Waals surface area contributed by atoms with Crippen molar-refractivity contribution in [2.75, 3.05) is 0 Å². The lowest BCUT2D eigenvalue weighted by molar-refractivity contribution is -0.806. The van der Waals surface area contributed by atoms with Crippen molar-refractivity contribution in [3.63, 3.8) is 0 Å². The number of hydrogen-bond acceptors (Lipinski definition) is 4. The van der Waals surface area contributed by atoms with Crippen LogP contribution in [-0.4, -0.2) is 10.9 Å². The zero-order valence-corrected chi connectivity index (χ0v) is 7.13. The molecule has 2 rings (SSSR count). The first kappa shape index (κ1) is 7.42. The lowest BCUT2D eigenvalue weighted by atomic mass is 10.1. The van der Waals surface area contributed by atoms with Gasteiger partial charge in [0, 0.05) is 6.92 Å². The van der Waals surface area contributed by atoms with Crippen LogP contribution in [0.4, 0.5) is 0 Å². The van der Waals surface area contributed by atoms with Crippen LogP contribution < -0.4 is 0 Å². The molecule has 0 aliphatic carbocycles. The van der Waals surface area contributed by atoms with Crippen molar-refractivity contribution in [1.82, 2.24) is 0 Å². The van der Waals surface area contributed by atoms with E-state index < -0.39 is 5.97 Å². The highest BCUT2D eigenvalue weighted by Crippen LogP contribution is 2.30. The summed E-state index contributed by atoms with van der Waals surface area (Å²) in [6.45, 7) is 1.70. The predicted molar refractivity (Wildman–Crippen MR) is 41.8 cm³/mol. The lowest BCUT2D eigenvalue weighted by Gasteiger charge is -2.06. The van der Waals surface area contributed by atoms with Crippen molar-refractivity contribution in [3.8, 4) is 0 Å². The van der Waals surface area contributed by atoms with Gasteiger partial charge in [-0.05, 0) is 11.4 Å². The summed E-state index contributed by atoms with van der Waals surface area (Å²) in [5, 5.41) is 1.78. The van der Waals surface area contributed by atoms with Gasteiger partial charge in [-0.2, -0.15) is 0 Å². The third kappa shape index (κ3) is 0.863. The van der Waals surface area contributed by atoms with Crippen molar-refractivity contribution in [2.45, 2.75) is 13.0 Å². The third-order valence-corrected chi connectivity index (χ3v) is 2.73. The Hall–Kier alpha value is -1.23. The molecule has 1 aromatic heterocycles. The molecule has 1 aromatic rings. The van der Waals surface area contributed by atoms with E-state index in [0.717, 1.165) is 5.56 Å². The second-order valence-corrected chi connectivity index (χ2v) is 3.46. The van der Waals surface area contributed by atoms with Gasteiger partial charge in [0.15, 0.2) is 0 Å². The molecule has 1 atom stereocenters. The molecule has 5 heteroatoms. The average molecular weight is 184 g/mol. The van der Waals surface area contributed by atoms with Crippen LogP contribution in [0, 0.1) is 4.91 Å².